The molecule has 1 unspecified atom stereocenters. The molecule has 3 aliphatic rings. The number of sulfone groups is 1. The van der Waals surface area contributed by atoms with Gasteiger partial charge in [-0.25, -0.2) is 13.4 Å². The predicted molar refractivity (Wildman–Crippen MR) is 228 cm³/mol. The Morgan fingerprint density at radius 2 is 1.55 bits per heavy atom. The Morgan fingerprint density at radius 3 is 2.27 bits per heavy atom. The third-order valence-corrected chi connectivity index (χ3v) is 11.9. The first-order chi connectivity index (χ1) is 28.8. The number of nitrogens with zero attached hydrogens (tertiary/aromatic N) is 5. The van der Waals surface area contributed by atoms with E-state index in [0.29, 0.717) is 43.3 Å². The van der Waals surface area contributed by atoms with E-state index in [4.69, 9.17) is 5.73 Å². The Kier molecular flexibility index (Phi) is 12.5. The summed E-state index contributed by atoms with van der Waals surface area (Å²) in [5, 5.41) is 8.61. The van der Waals surface area contributed by atoms with Gasteiger partial charge in [0.2, 0.25) is 17.7 Å². The first-order valence-corrected chi connectivity index (χ1v) is 21.8. The Bertz CT molecular complexity index is 2430. The van der Waals surface area contributed by atoms with Gasteiger partial charge in [-0.15, -0.1) is 0 Å². The molecule has 0 saturated carbocycles. The summed E-state index contributed by atoms with van der Waals surface area (Å²) < 4.78 is 23.6. The van der Waals surface area contributed by atoms with Crippen molar-refractivity contribution >= 4 is 68.2 Å². The number of hydrogen-bond acceptors (Lipinski definition) is 11. The molecule has 1 atom stereocenters. The van der Waals surface area contributed by atoms with Gasteiger partial charge in [-0.2, -0.15) is 4.99 Å². The molecule has 2 fully saturated rings. The minimum atomic E-state index is -3.29. The van der Waals surface area contributed by atoms with Crippen molar-refractivity contribution in [1.82, 2.24) is 20.1 Å². The molecule has 312 valence electrons. The highest BCUT2D eigenvalue weighted by Gasteiger charge is 2.44. The van der Waals surface area contributed by atoms with E-state index in [1.165, 1.54) is 6.26 Å². The molecular formula is C43H47N9O7S. The number of anilines is 3. The lowest BCUT2D eigenvalue weighted by Gasteiger charge is -2.36. The number of guanidine groups is 1. The Balaban J connectivity index is 0.788. The maximum atomic E-state index is 13.1. The highest BCUT2D eigenvalue weighted by atomic mass is 32.2. The van der Waals surface area contributed by atoms with E-state index in [2.05, 4.69) is 30.8 Å². The topological polar surface area (TPSA) is 217 Å². The number of piperazine rings is 1. The lowest BCUT2D eigenvalue weighted by molar-refractivity contribution is -0.136. The summed E-state index contributed by atoms with van der Waals surface area (Å²) in [6.07, 6.45) is 5.36. The van der Waals surface area contributed by atoms with Crippen LogP contribution in [-0.2, 0) is 24.2 Å². The zero-order chi connectivity index (χ0) is 42.4. The minimum Gasteiger partial charge on any atom is -0.385 e. The van der Waals surface area contributed by atoms with E-state index in [0.717, 1.165) is 60.6 Å². The number of rotatable bonds is 14. The normalized spacial score (nSPS) is 17.1. The first kappa shape index (κ1) is 41.5. The van der Waals surface area contributed by atoms with E-state index >= 15 is 0 Å². The van der Waals surface area contributed by atoms with E-state index in [-0.39, 0.29) is 40.7 Å². The van der Waals surface area contributed by atoms with E-state index < -0.39 is 39.5 Å². The molecule has 17 heteroatoms. The van der Waals surface area contributed by atoms with Crippen LogP contribution in [0.15, 0.2) is 94.8 Å². The molecule has 3 aliphatic heterocycles. The van der Waals surface area contributed by atoms with Gasteiger partial charge in [0.15, 0.2) is 21.6 Å². The number of carbonyl (C=O) groups excluding carboxylic acids is 5. The number of amides is 5. The number of aromatic nitrogens is 1. The van der Waals surface area contributed by atoms with Crippen LogP contribution < -0.4 is 26.6 Å². The fourth-order valence-corrected chi connectivity index (χ4v) is 8.15. The predicted octanol–water partition coefficient (Wildman–Crippen LogP) is 4.32. The number of imide groups is 2. The Hall–Kier alpha value is -6.62. The summed E-state index contributed by atoms with van der Waals surface area (Å²) in [4.78, 5) is 77.2. The van der Waals surface area contributed by atoms with Gasteiger partial charge in [-0.3, -0.25) is 34.2 Å². The van der Waals surface area contributed by atoms with Crippen LogP contribution in [0.3, 0.4) is 0 Å². The molecule has 4 aromatic rings. The highest BCUT2D eigenvalue weighted by Crippen LogP contribution is 2.30. The van der Waals surface area contributed by atoms with Crippen molar-refractivity contribution in [2.45, 2.75) is 55.9 Å². The summed E-state index contributed by atoms with van der Waals surface area (Å²) in [6, 6.07) is 23.7. The maximum absolute atomic E-state index is 13.1. The number of unbranched alkanes of at least 4 members (excludes halogenated alkanes) is 3. The van der Waals surface area contributed by atoms with Crippen molar-refractivity contribution in [2.75, 3.05) is 54.5 Å². The van der Waals surface area contributed by atoms with Gasteiger partial charge in [0, 0.05) is 74.4 Å². The largest absolute Gasteiger partial charge is 0.385 e. The summed E-state index contributed by atoms with van der Waals surface area (Å²) in [6.45, 7) is 3.41. The molecular weight excluding hydrogens is 787 g/mol. The van der Waals surface area contributed by atoms with Crippen LogP contribution in [0.25, 0.3) is 11.3 Å². The average Bonchev–Trinajstić information content (AvgIpc) is 3.48. The first-order valence-electron chi connectivity index (χ1n) is 19.9. The molecule has 2 saturated heterocycles. The molecule has 7 rings (SSSR count). The Morgan fingerprint density at radius 1 is 0.850 bits per heavy atom. The summed E-state index contributed by atoms with van der Waals surface area (Å²) in [5.74, 6) is -1.37. The standard InChI is InChI=1S/C43H47N9O7S/c1-60(58,59)32-17-10-28(11-18-32)35-7-6-8-37(47-35)48-43(44)46-29-12-15-31(16-13-29)50-23-25-51(26-24-50)39(54)9-4-2-3-5-22-45-30-14-19-33-34(27-30)42(57)52(41(33)56)36-20-21-38(53)49-40(36)55/h6-8,10-19,27,36,45H,2-5,9,20-26H2,1H3,(H,49,53,55)(H3,44,46,47,48). The van der Waals surface area contributed by atoms with Gasteiger partial charge < -0.3 is 26.2 Å². The molecule has 0 bridgehead atoms. The van der Waals surface area contributed by atoms with E-state index in [1.54, 1.807) is 48.5 Å². The van der Waals surface area contributed by atoms with Crippen molar-refractivity contribution in [1.29, 1.82) is 0 Å². The number of benzene rings is 3. The van der Waals surface area contributed by atoms with Crippen LogP contribution in [-0.4, -0.2) is 104 Å². The lowest BCUT2D eigenvalue weighted by Crippen LogP contribution is -2.54. The second kappa shape index (κ2) is 18.1. The zero-order valence-corrected chi connectivity index (χ0v) is 34.0. The summed E-state index contributed by atoms with van der Waals surface area (Å²) in [7, 11) is -3.29. The monoisotopic (exact) mass is 833 g/mol. The fourth-order valence-electron chi connectivity index (χ4n) is 7.51. The van der Waals surface area contributed by atoms with Crippen LogP contribution in [0, 0.1) is 0 Å². The number of pyridine rings is 1. The van der Waals surface area contributed by atoms with Gasteiger partial charge in [-0.1, -0.05) is 31.0 Å². The number of aliphatic imine (C=N–C) groups is 1. The Labute approximate surface area is 348 Å². The third kappa shape index (κ3) is 9.80. The van der Waals surface area contributed by atoms with Crippen molar-refractivity contribution in [3.8, 4) is 11.3 Å². The maximum Gasteiger partial charge on any atom is 0.262 e. The average molecular weight is 834 g/mol. The van der Waals surface area contributed by atoms with Gasteiger partial charge in [0.25, 0.3) is 11.8 Å². The number of hydrogen-bond donors (Lipinski definition) is 4. The quantitative estimate of drug-likeness (QED) is 0.0605. The van der Waals surface area contributed by atoms with Gasteiger partial charge in [0.1, 0.15) is 6.04 Å². The highest BCUT2D eigenvalue weighted by molar-refractivity contribution is 7.90. The van der Waals surface area contributed by atoms with Crippen LogP contribution in [0.2, 0.25) is 0 Å². The van der Waals surface area contributed by atoms with Gasteiger partial charge in [0.05, 0.1) is 21.7 Å². The molecule has 1 aromatic heterocycles. The van der Waals surface area contributed by atoms with Crippen LogP contribution in [0.5, 0.6) is 0 Å². The van der Waals surface area contributed by atoms with Crippen molar-refractivity contribution in [3.05, 3.63) is 96.1 Å². The zero-order valence-electron chi connectivity index (χ0n) is 33.2. The number of piperidine rings is 1. The minimum absolute atomic E-state index is 0.0726. The van der Waals surface area contributed by atoms with Gasteiger partial charge >= 0.3 is 0 Å². The second-order valence-corrected chi connectivity index (χ2v) is 17.0. The second-order valence-electron chi connectivity index (χ2n) is 15.0. The molecule has 0 spiro atoms. The number of nitrogens with two attached hydrogens (primary N) is 1. The SMILES string of the molecule is CS(=O)(=O)c1ccc(-c2cccc(/N=C(\N)Nc3ccc(N4CCN(C(=O)CCCCCCNc5ccc6c(c5)C(=O)N(C5CCC(=O)NC5=O)C6=O)CC4)cc3)n2)cc1. The molecule has 16 nitrogen and oxygen atoms in total. The molecule has 0 radical (unpaired) electrons. The van der Waals surface area contributed by atoms with Gasteiger partial charge in [-0.05, 0) is 86.0 Å². The molecule has 4 heterocycles. The lowest BCUT2D eigenvalue weighted by atomic mass is 10.0. The van der Waals surface area contributed by atoms with Crippen molar-refractivity contribution in [3.63, 3.8) is 0 Å². The van der Waals surface area contributed by atoms with Crippen molar-refractivity contribution < 1.29 is 32.4 Å². The summed E-state index contributed by atoms with van der Waals surface area (Å²) >= 11 is 0. The molecule has 3 aromatic carbocycles. The molecule has 0 aliphatic carbocycles. The van der Waals surface area contributed by atoms with E-state index in [9.17, 15) is 32.4 Å². The number of carbonyl (C=O) groups is 5. The van der Waals surface area contributed by atoms with Crippen LogP contribution >= 0.6 is 0 Å². The molecule has 60 heavy (non-hydrogen) atoms. The number of fused-ring (bicyclic) bond motifs is 1. The smallest absolute Gasteiger partial charge is 0.262 e. The van der Waals surface area contributed by atoms with Crippen molar-refractivity contribution in [2.24, 2.45) is 10.7 Å². The van der Waals surface area contributed by atoms with Crippen LogP contribution in [0.1, 0.15) is 65.7 Å². The van der Waals surface area contributed by atoms with Crippen LogP contribution in [0.4, 0.5) is 22.9 Å². The van der Waals surface area contributed by atoms with E-state index in [1.807, 2.05) is 41.3 Å². The number of nitrogens with one attached hydrogen (secondary N) is 3. The summed E-state index contributed by atoms with van der Waals surface area (Å²) in [5.41, 5.74) is 10.6. The molecule has 5 amide bonds. The fraction of sp³-hybridized carbons (Fsp3) is 0.326. The molecule has 5 N–H and O–H groups in total. The third-order valence-electron chi connectivity index (χ3n) is 10.8.